The van der Waals surface area contributed by atoms with Crippen molar-refractivity contribution in [1.82, 2.24) is 0 Å². The van der Waals surface area contributed by atoms with Crippen LogP contribution >= 0.6 is 11.8 Å². The summed E-state index contributed by atoms with van der Waals surface area (Å²) in [6, 6.07) is 7.52. The van der Waals surface area contributed by atoms with Crippen LogP contribution in [0.5, 0.6) is 0 Å². The number of carbonyl (C=O) groups is 2. The highest BCUT2D eigenvalue weighted by Crippen LogP contribution is 2.68. The second-order valence-electron chi connectivity index (χ2n) is 12.2. The predicted molar refractivity (Wildman–Crippen MR) is 155 cm³/mol. The third-order valence-corrected chi connectivity index (χ3v) is 11.2. The number of ether oxygens (including phenoxy) is 1. The van der Waals surface area contributed by atoms with E-state index in [1.807, 2.05) is 37.3 Å². The van der Waals surface area contributed by atoms with Crippen molar-refractivity contribution in [3.8, 4) is 0 Å². The summed E-state index contributed by atoms with van der Waals surface area (Å²) >= 11 is 1.39. The molecule has 0 aliphatic heterocycles. The van der Waals surface area contributed by atoms with Gasteiger partial charge in [0.15, 0.2) is 0 Å². The Morgan fingerprint density at radius 3 is 2.56 bits per heavy atom. The van der Waals surface area contributed by atoms with Gasteiger partial charge in [-0.3, -0.25) is 9.59 Å². The largest absolute Gasteiger partial charge is 0.461 e. The first kappa shape index (κ1) is 29.3. The number of ketones is 1. The molecule has 0 amide bonds. The van der Waals surface area contributed by atoms with E-state index in [4.69, 9.17) is 16.2 Å². The minimum absolute atomic E-state index is 0.0523. The Balaban J connectivity index is 1.56. The summed E-state index contributed by atoms with van der Waals surface area (Å²) in [7, 11) is 0. The molecule has 1 aromatic carbocycles. The quantitative estimate of drug-likeness (QED) is 0.114. The Morgan fingerprint density at radius 1 is 1.23 bits per heavy atom. The predicted octanol–water partition coefficient (Wildman–Crippen LogP) is 4.29. The van der Waals surface area contributed by atoms with Gasteiger partial charge in [-0.2, -0.15) is 5.10 Å². The number of hydrogen-bond donors (Lipinski definition) is 3. The molecule has 8 atom stereocenters. The third-order valence-electron chi connectivity index (χ3n) is 10.2. The average molecular weight is 555 g/mol. The van der Waals surface area contributed by atoms with Crippen molar-refractivity contribution >= 4 is 35.7 Å². The minimum atomic E-state index is -0.675. The number of esters is 1. The van der Waals surface area contributed by atoms with Gasteiger partial charge in [0.25, 0.3) is 0 Å². The molecular weight excluding hydrogens is 512 g/mol. The van der Waals surface area contributed by atoms with Crippen molar-refractivity contribution in [3.63, 3.8) is 0 Å². The topological polar surface area (TPSA) is 140 Å². The van der Waals surface area contributed by atoms with Gasteiger partial charge in [-0.1, -0.05) is 45.9 Å². The van der Waals surface area contributed by atoms with Crippen LogP contribution in [-0.2, 0) is 14.3 Å². The van der Waals surface area contributed by atoms with E-state index in [2.05, 4.69) is 37.6 Å². The molecule has 3 aliphatic rings. The number of guanidine groups is 1. The molecule has 3 fully saturated rings. The molecule has 1 aromatic rings. The summed E-state index contributed by atoms with van der Waals surface area (Å²) in [5.74, 6) is -0.131. The number of aliphatic hydroxyl groups is 1. The van der Waals surface area contributed by atoms with Crippen LogP contribution in [0.25, 0.3) is 0 Å². The summed E-state index contributed by atoms with van der Waals surface area (Å²) in [5, 5.41) is 19.0. The summed E-state index contributed by atoms with van der Waals surface area (Å²) in [4.78, 5) is 27.7. The maximum Gasteiger partial charge on any atom is 0.316 e. The van der Waals surface area contributed by atoms with Crippen LogP contribution in [0, 0.1) is 34.0 Å². The number of hydrogen-bond acceptors (Lipinski definition) is 7. The maximum atomic E-state index is 13.5. The Morgan fingerprint density at radius 2 is 1.92 bits per heavy atom. The molecule has 0 saturated heterocycles. The molecule has 3 unspecified atom stereocenters. The molecule has 3 aliphatic carbocycles. The Kier molecular flexibility index (Phi) is 8.34. The van der Waals surface area contributed by atoms with Crippen molar-refractivity contribution in [2.75, 3.05) is 5.75 Å². The summed E-state index contributed by atoms with van der Waals surface area (Å²) in [6.07, 6.45) is 5.78. The van der Waals surface area contributed by atoms with Crippen molar-refractivity contribution < 1.29 is 19.4 Å². The van der Waals surface area contributed by atoms with Crippen LogP contribution in [-0.4, -0.2) is 47.0 Å². The van der Waals surface area contributed by atoms with Gasteiger partial charge < -0.3 is 21.3 Å². The zero-order valence-corrected chi connectivity index (χ0v) is 24.2. The van der Waals surface area contributed by atoms with Crippen LogP contribution in [0.2, 0.25) is 0 Å². The molecule has 0 aromatic heterocycles. The Bertz CT molecular complexity index is 1170. The van der Waals surface area contributed by atoms with Crippen LogP contribution in [0.15, 0.2) is 52.0 Å². The molecule has 0 heterocycles. The van der Waals surface area contributed by atoms with E-state index in [1.54, 1.807) is 6.21 Å². The van der Waals surface area contributed by atoms with E-state index in [1.165, 1.54) is 11.8 Å². The maximum absolute atomic E-state index is 13.5. The van der Waals surface area contributed by atoms with E-state index in [9.17, 15) is 14.7 Å². The molecule has 39 heavy (non-hydrogen) atoms. The van der Waals surface area contributed by atoms with Crippen molar-refractivity contribution in [3.05, 3.63) is 42.5 Å². The lowest BCUT2D eigenvalue weighted by Crippen LogP contribution is -2.63. The second kappa shape index (κ2) is 11.1. The summed E-state index contributed by atoms with van der Waals surface area (Å²) in [6.45, 7) is 12.5. The van der Waals surface area contributed by atoms with Gasteiger partial charge in [0.1, 0.15) is 11.9 Å². The smallest absolute Gasteiger partial charge is 0.316 e. The van der Waals surface area contributed by atoms with E-state index in [0.29, 0.717) is 12.8 Å². The molecule has 2 bridgehead atoms. The number of benzene rings is 1. The highest BCUT2D eigenvalue weighted by atomic mass is 32.2. The fraction of sp³-hybridized carbons (Fsp3) is 0.600. The van der Waals surface area contributed by atoms with Crippen molar-refractivity contribution in [1.29, 1.82) is 0 Å². The summed E-state index contributed by atoms with van der Waals surface area (Å²) < 4.78 is 6.31. The fourth-order valence-electron chi connectivity index (χ4n) is 7.65. The van der Waals surface area contributed by atoms with Crippen molar-refractivity contribution in [2.45, 2.75) is 76.9 Å². The second-order valence-corrected chi connectivity index (χ2v) is 13.2. The first-order valence-electron chi connectivity index (χ1n) is 13.8. The van der Waals surface area contributed by atoms with Gasteiger partial charge in [-0.05, 0) is 60.6 Å². The molecule has 0 spiro atoms. The number of Topliss-reactive ketones (excluding diaryl/α,β-unsaturated/α-hetero) is 1. The van der Waals surface area contributed by atoms with E-state index in [-0.39, 0.29) is 46.6 Å². The highest BCUT2D eigenvalue weighted by molar-refractivity contribution is 8.00. The zero-order valence-electron chi connectivity index (χ0n) is 23.4. The summed E-state index contributed by atoms with van der Waals surface area (Å²) in [5.41, 5.74) is 9.93. The highest BCUT2D eigenvalue weighted by Gasteiger charge is 2.68. The van der Waals surface area contributed by atoms with E-state index in [0.717, 1.165) is 29.7 Å². The zero-order chi connectivity index (χ0) is 28.6. The van der Waals surface area contributed by atoms with E-state index < -0.39 is 23.0 Å². The van der Waals surface area contributed by atoms with Crippen LogP contribution in [0.1, 0.15) is 65.4 Å². The van der Waals surface area contributed by atoms with Crippen LogP contribution in [0.4, 0.5) is 0 Å². The molecule has 4 rings (SSSR count). The number of rotatable bonds is 7. The van der Waals surface area contributed by atoms with Gasteiger partial charge in [0.05, 0.1) is 18.1 Å². The number of nitrogens with zero attached hydrogens (tertiary/aromatic N) is 2. The lowest BCUT2D eigenvalue weighted by atomic mass is 9.44. The Hall–Kier alpha value is -2.65. The molecule has 3 saturated carbocycles. The van der Waals surface area contributed by atoms with Crippen LogP contribution in [0.3, 0.4) is 0 Å². The van der Waals surface area contributed by atoms with Gasteiger partial charge in [-0.25, -0.2) is 0 Å². The van der Waals surface area contributed by atoms with Crippen molar-refractivity contribution in [2.24, 2.45) is 55.7 Å². The molecule has 8 nitrogen and oxygen atoms in total. The molecular formula is C30H42N4O4S. The molecule has 212 valence electrons. The first-order chi connectivity index (χ1) is 18.4. The lowest BCUT2D eigenvalue weighted by molar-refractivity contribution is -0.205. The van der Waals surface area contributed by atoms with Gasteiger partial charge in [0, 0.05) is 28.1 Å². The fourth-order valence-corrected chi connectivity index (χ4v) is 8.33. The first-order valence-corrected chi connectivity index (χ1v) is 14.7. The monoisotopic (exact) mass is 554 g/mol. The lowest BCUT2D eigenvalue weighted by Gasteiger charge is -2.61. The third kappa shape index (κ3) is 5.27. The van der Waals surface area contributed by atoms with Gasteiger partial charge >= 0.3 is 5.97 Å². The minimum Gasteiger partial charge on any atom is -0.461 e. The van der Waals surface area contributed by atoms with Gasteiger partial charge in [0.2, 0.25) is 5.96 Å². The molecule has 9 heteroatoms. The SMILES string of the molecule is C=C[C@]1(C)C[C@@H](OC(=O)CSc2ccc(C=NN=C(N)N)cc2)[C@]2(C)C(C)CCC3(CCC(=O)C32)[C@@H](C)[C@@H]1O. The number of aliphatic hydroxyl groups excluding tert-OH is 1. The van der Waals surface area contributed by atoms with Crippen LogP contribution < -0.4 is 11.5 Å². The molecule has 0 radical (unpaired) electrons. The van der Waals surface area contributed by atoms with E-state index >= 15 is 0 Å². The average Bonchev–Trinajstić information content (AvgIpc) is 3.26. The standard InChI is InChI=1S/C30H42N4O4S/c1-6-28(4)15-23(38-24(36)17-39-21-9-7-20(8-10-21)16-33-34-27(31)32)29(5)18(2)11-13-30(19(3)26(28)37)14-12-22(35)25(29)30/h6-10,16,18-19,23,25-26,37H,1,11-15,17H2,2-5H3,(H4,31,32,34)/t18?,19-,23+,25?,26-,28+,29-,30?/m0/s1. The Labute approximate surface area is 235 Å². The molecule has 5 N–H and O–H groups in total. The number of carbonyl (C=O) groups excluding carboxylic acids is 2. The number of thioether (sulfide) groups is 1. The van der Waals surface area contributed by atoms with Gasteiger partial charge in [-0.15, -0.1) is 23.4 Å². The normalized spacial score (nSPS) is 38.0. The number of nitrogens with two attached hydrogens (primary N) is 2.